The van der Waals surface area contributed by atoms with Crippen LogP contribution in [0.15, 0.2) is 48.5 Å². The third-order valence-corrected chi connectivity index (χ3v) is 15.0. The van der Waals surface area contributed by atoms with Crippen molar-refractivity contribution in [1.82, 2.24) is 0 Å². The van der Waals surface area contributed by atoms with E-state index >= 15 is 0 Å². The molecule has 59 heavy (non-hydrogen) atoms. The van der Waals surface area contributed by atoms with Crippen molar-refractivity contribution in [2.75, 3.05) is 39.9 Å². The van der Waals surface area contributed by atoms with Gasteiger partial charge in [-0.1, -0.05) is 112 Å². The van der Waals surface area contributed by atoms with E-state index in [9.17, 15) is 28.8 Å². The number of aryl methyl sites for hydroxylation is 2. The van der Waals surface area contributed by atoms with Crippen LogP contribution in [0.5, 0.6) is 0 Å². The van der Waals surface area contributed by atoms with Gasteiger partial charge < -0.3 is 48.3 Å². The van der Waals surface area contributed by atoms with E-state index in [-0.39, 0.29) is 46.1 Å². The Morgan fingerprint density at radius 1 is 0.576 bits per heavy atom. The van der Waals surface area contributed by atoms with Gasteiger partial charge in [-0.2, -0.15) is 0 Å². The minimum absolute atomic E-state index is 0. The molecule has 14 nitrogen and oxygen atoms in total. The molecular weight excluding hydrogens is 832 g/mol. The number of carboxylic acid groups (broad SMARTS) is 2. The molecule has 6 N–H and O–H groups in total. The van der Waals surface area contributed by atoms with Crippen molar-refractivity contribution in [2.45, 2.75) is 105 Å². The molecule has 2 aromatic rings. The molecule has 6 unspecified atom stereocenters. The zero-order valence-corrected chi connectivity index (χ0v) is 39.3. The first-order valence-corrected chi connectivity index (χ1v) is 24.4. The topological polar surface area (TPSA) is 227 Å². The van der Waals surface area contributed by atoms with E-state index in [4.69, 9.17) is 38.8 Å². The third-order valence-electron chi connectivity index (χ3n) is 10.4. The average Bonchev–Trinajstić information content (AvgIpc) is 3.24. The zero-order chi connectivity index (χ0) is 43.7. The quantitative estimate of drug-likeness (QED) is 0.0794. The first-order valence-electron chi connectivity index (χ1n) is 20.3. The van der Waals surface area contributed by atoms with E-state index in [1.807, 2.05) is 52.0 Å². The molecule has 0 amide bonds. The van der Waals surface area contributed by atoms with E-state index in [1.165, 1.54) is 14.2 Å². The van der Waals surface area contributed by atoms with Gasteiger partial charge in [0.2, 0.25) is 0 Å². The van der Waals surface area contributed by atoms with E-state index < -0.39 is 52.7 Å². The van der Waals surface area contributed by atoms with Gasteiger partial charge in [0, 0.05) is 35.9 Å². The number of carbonyl (C=O) groups excluding carboxylic acids is 2. The molecule has 4 rings (SSSR count). The number of benzene rings is 2. The van der Waals surface area contributed by atoms with E-state index in [1.54, 1.807) is 24.3 Å². The first kappa shape index (κ1) is 56.2. The zero-order valence-electron chi connectivity index (χ0n) is 35.7. The van der Waals surface area contributed by atoms with Gasteiger partial charge in [0.15, 0.2) is 0 Å². The number of carbonyl (C=O) groups is 4. The van der Waals surface area contributed by atoms with Gasteiger partial charge in [-0.15, -0.1) is 0 Å². The van der Waals surface area contributed by atoms with E-state index in [0.717, 1.165) is 62.5 Å². The molecule has 6 atom stereocenters. The molecule has 332 valence electrons. The van der Waals surface area contributed by atoms with Gasteiger partial charge >= 0.3 is 41.0 Å². The number of carboxylic acids is 2. The van der Waals surface area contributed by atoms with Crippen LogP contribution < -0.4 is 10.4 Å². The first-order chi connectivity index (χ1) is 27.6. The summed E-state index contributed by atoms with van der Waals surface area (Å²) in [5.74, 6) is -4.30. The molecule has 0 aromatic heterocycles. The number of aliphatic hydroxyl groups is 2. The van der Waals surface area contributed by atoms with Crippen molar-refractivity contribution in [2.24, 2.45) is 23.7 Å². The van der Waals surface area contributed by atoms with Crippen LogP contribution in [0.25, 0.3) is 0 Å². The summed E-state index contributed by atoms with van der Waals surface area (Å²) in [7, 11) is -3.24. The van der Waals surface area contributed by atoms with E-state index in [2.05, 4.69) is 0 Å². The molecule has 2 aliphatic carbocycles. The molecule has 0 radical (unpaired) electrons. The second-order valence-corrected chi connectivity index (χ2v) is 20.5. The normalized spacial score (nSPS) is 20.4. The summed E-state index contributed by atoms with van der Waals surface area (Å²) in [6, 6.07) is 14.7. The predicted octanol–water partition coefficient (Wildman–Crippen LogP) is 4.07. The Kier molecular flexibility index (Phi) is 28.9. The van der Waals surface area contributed by atoms with Crippen LogP contribution >= 0.6 is 0 Å². The molecule has 2 aliphatic rings. The predicted molar refractivity (Wildman–Crippen MR) is 224 cm³/mol. The number of rotatable bonds is 16. The minimum atomic E-state index is -3.04. The Balaban J connectivity index is 0.000000759. The summed E-state index contributed by atoms with van der Waals surface area (Å²) >= 11 is 0. The van der Waals surface area contributed by atoms with Gasteiger partial charge in [-0.25, -0.2) is 0 Å². The van der Waals surface area contributed by atoms with Crippen molar-refractivity contribution >= 4 is 51.4 Å². The van der Waals surface area contributed by atoms with Crippen LogP contribution in [0.3, 0.4) is 0 Å². The smallest absolute Gasteiger partial charge is 0.395 e. The molecule has 2 fully saturated rings. The van der Waals surface area contributed by atoms with Crippen LogP contribution in [0.1, 0.15) is 102 Å². The fourth-order valence-electron chi connectivity index (χ4n) is 6.44. The summed E-state index contributed by atoms with van der Waals surface area (Å²) in [5.41, 5.74) is 2.24. The molecule has 0 aliphatic heterocycles. The molecule has 0 saturated heterocycles. The Morgan fingerprint density at radius 2 is 0.864 bits per heavy atom. The Bertz CT molecular complexity index is 1380. The number of esters is 2. The molecular formula is C42H68O14Si2Ti. The van der Waals surface area contributed by atoms with Crippen LogP contribution in [0.2, 0.25) is 0 Å². The molecule has 0 heterocycles. The van der Waals surface area contributed by atoms with Crippen molar-refractivity contribution in [3.63, 3.8) is 0 Å². The third kappa shape index (κ3) is 19.7. The number of unbranched alkanes of at least 4 members (excludes halogenated alkanes) is 2. The standard InChI is InChI=1S/2C12H20O4.2C9H14O3Si.Ti/c2*1-2-3-8-16-12(15)10-7-5-4-6-9(10)11(13)14;2*1-8-3-5-9(6-4-8)13(11,7-10)12-2;/h2*9-10H,2-8H2,1H3,(H,13,14);2*3-6,10-11H,7H2,1-2H3;. The maximum absolute atomic E-state index is 11.7. The minimum Gasteiger partial charge on any atom is -0.481 e. The van der Waals surface area contributed by atoms with Gasteiger partial charge in [-0.3, -0.25) is 19.2 Å². The van der Waals surface area contributed by atoms with Crippen molar-refractivity contribution < 1.29 is 89.2 Å². The van der Waals surface area contributed by atoms with Gasteiger partial charge in [0.1, 0.15) is 0 Å². The molecule has 2 saturated carbocycles. The maximum atomic E-state index is 11.7. The molecule has 0 spiro atoms. The van der Waals surface area contributed by atoms with Crippen molar-refractivity contribution in [3.8, 4) is 0 Å². The number of aliphatic hydroxyl groups excluding tert-OH is 2. The van der Waals surface area contributed by atoms with Crippen LogP contribution in [0, 0.1) is 37.5 Å². The van der Waals surface area contributed by atoms with Crippen molar-refractivity contribution in [3.05, 3.63) is 59.7 Å². The Hall–Kier alpha value is -2.77. The number of hydrogen-bond acceptors (Lipinski definition) is 12. The molecule has 0 bridgehead atoms. The summed E-state index contributed by atoms with van der Waals surface area (Å²) in [4.78, 5) is 65.1. The van der Waals surface area contributed by atoms with Crippen LogP contribution in [-0.2, 0) is 59.2 Å². The van der Waals surface area contributed by atoms with Crippen LogP contribution in [0.4, 0.5) is 0 Å². The number of ether oxygens (including phenoxy) is 2. The summed E-state index contributed by atoms with van der Waals surface area (Å²) in [6.07, 6.45) is 9.17. The summed E-state index contributed by atoms with van der Waals surface area (Å²) in [6.45, 7) is 8.81. The monoisotopic (exact) mass is 900 g/mol. The second-order valence-electron chi connectivity index (χ2n) is 14.7. The Morgan fingerprint density at radius 3 is 1.10 bits per heavy atom. The fourth-order valence-corrected chi connectivity index (χ4v) is 8.91. The summed E-state index contributed by atoms with van der Waals surface area (Å²) < 4.78 is 20.1. The van der Waals surface area contributed by atoms with Gasteiger partial charge in [0.25, 0.3) is 0 Å². The largest absolute Gasteiger partial charge is 0.481 e. The van der Waals surface area contributed by atoms with Gasteiger partial charge in [0.05, 0.1) is 49.3 Å². The van der Waals surface area contributed by atoms with Crippen LogP contribution in [-0.4, -0.2) is 111 Å². The second kappa shape index (κ2) is 30.3. The average molecular weight is 901 g/mol. The SMILES string of the molecule is CCCCOC(=O)C1CCCCC1C(=O)O.CCCCOC(=O)C1CCCCC1C(=O)O.CO[Si](O)(CO)c1ccc(C)cc1.CO[Si](O)(CO)c1ccc(C)cc1.[Ti]. The van der Waals surface area contributed by atoms with E-state index in [0.29, 0.717) is 49.3 Å². The number of aliphatic carboxylic acids is 2. The van der Waals surface area contributed by atoms with Gasteiger partial charge in [-0.05, 0) is 62.7 Å². The Labute approximate surface area is 367 Å². The maximum Gasteiger partial charge on any atom is 0.395 e. The fraction of sp³-hybridized carbons (Fsp3) is 0.619. The molecule has 2 aromatic carbocycles. The summed E-state index contributed by atoms with van der Waals surface area (Å²) in [5, 5.41) is 37.4. The number of hydrogen-bond donors (Lipinski definition) is 6. The van der Waals surface area contributed by atoms with Crippen molar-refractivity contribution in [1.29, 1.82) is 0 Å². The molecule has 17 heteroatoms.